The predicted octanol–water partition coefficient (Wildman–Crippen LogP) is 3.53. The van der Waals surface area contributed by atoms with Gasteiger partial charge in [-0.15, -0.1) is 0 Å². The van der Waals surface area contributed by atoms with E-state index in [0.29, 0.717) is 11.4 Å². The number of ether oxygens (including phenoxy) is 3. The molecule has 7 nitrogen and oxygen atoms in total. The molecule has 4 rings (SSSR count). The molecule has 0 spiro atoms. The molecular formula is C23H18ClNO6. The topological polar surface area (TPSA) is 95.0 Å². The van der Waals surface area contributed by atoms with E-state index in [1.807, 2.05) is 36.4 Å². The molecule has 1 aliphatic heterocycles. The van der Waals surface area contributed by atoms with Crippen LogP contribution in [-0.4, -0.2) is 34.1 Å². The number of rotatable bonds is 7. The minimum atomic E-state index is -2.30. The highest BCUT2D eigenvalue weighted by Crippen LogP contribution is 2.35. The van der Waals surface area contributed by atoms with E-state index in [1.165, 1.54) is 6.07 Å². The van der Waals surface area contributed by atoms with Crippen LogP contribution >= 0.6 is 11.6 Å². The van der Waals surface area contributed by atoms with Gasteiger partial charge in [0.2, 0.25) is 0 Å². The number of carbonyl (C=O) groups excluding carboxylic acids is 2. The van der Waals surface area contributed by atoms with E-state index in [1.54, 1.807) is 30.6 Å². The van der Waals surface area contributed by atoms with Gasteiger partial charge in [0.1, 0.15) is 5.75 Å². The second kappa shape index (κ2) is 8.75. The smallest absolute Gasteiger partial charge is 0.418 e. The van der Waals surface area contributed by atoms with Crippen molar-refractivity contribution in [1.82, 2.24) is 4.98 Å². The average molecular weight is 440 g/mol. The number of carbonyl (C=O) groups is 2. The molecule has 1 N–H and O–H groups in total. The van der Waals surface area contributed by atoms with Gasteiger partial charge in [-0.25, -0.2) is 9.59 Å². The Hall–Kier alpha value is -3.42. The lowest BCUT2D eigenvalue weighted by Gasteiger charge is -2.30. The van der Waals surface area contributed by atoms with Crippen molar-refractivity contribution in [3.05, 3.63) is 83.6 Å². The average Bonchev–Trinajstić information content (AvgIpc) is 3.07. The van der Waals surface area contributed by atoms with E-state index in [4.69, 9.17) is 25.8 Å². The third kappa shape index (κ3) is 4.52. The summed E-state index contributed by atoms with van der Waals surface area (Å²) >= 11 is 6.41. The molecule has 0 unspecified atom stereocenters. The van der Waals surface area contributed by atoms with E-state index in [-0.39, 0.29) is 12.2 Å². The van der Waals surface area contributed by atoms with Gasteiger partial charge in [0.25, 0.3) is 0 Å². The van der Waals surface area contributed by atoms with Crippen molar-refractivity contribution in [2.24, 2.45) is 0 Å². The molecule has 1 saturated heterocycles. The Labute approximate surface area is 183 Å². The molecular weight excluding hydrogens is 422 g/mol. The molecule has 1 atom stereocenters. The van der Waals surface area contributed by atoms with Gasteiger partial charge in [-0.05, 0) is 48.2 Å². The van der Waals surface area contributed by atoms with E-state index < -0.39 is 24.0 Å². The molecule has 2 heterocycles. The number of esters is 2. The highest BCUT2D eigenvalue weighted by atomic mass is 35.5. The van der Waals surface area contributed by atoms with Crippen LogP contribution in [-0.2, 0) is 25.5 Å². The van der Waals surface area contributed by atoms with Gasteiger partial charge in [0, 0.05) is 18.0 Å². The van der Waals surface area contributed by atoms with Gasteiger partial charge in [-0.2, -0.15) is 0 Å². The lowest BCUT2D eigenvalue weighted by atomic mass is 10.1. The van der Waals surface area contributed by atoms with Gasteiger partial charge >= 0.3 is 17.9 Å². The van der Waals surface area contributed by atoms with Crippen molar-refractivity contribution in [3.63, 3.8) is 0 Å². The minimum Gasteiger partial charge on any atom is -0.418 e. The summed E-state index contributed by atoms with van der Waals surface area (Å²) in [6.07, 6.45) is 2.31. The third-order valence-electron chi connectivity index (χ3n) is 4.76. The normalized spacial score (nSPS) is 15.8. The predicted molar refractivity (Wildman–Crippen MR) is 111 cm³/mol. The van der Waals surface area contributed by atoms with Gasteiger partial charge in [0.15, 0.2) is 6.10 Å². The van der Waals surface area contributed by atoms with Crippen LogP contribution in [0.25, 0.3) is 11.1 Å². The SMILES string of the molecule is O=C1OC(Oc2ccc(-c3ccccc3)c(Cl)c2)([C@@H](O)CCc2cccnc2)OC1=O. The van der Waals surface area contributed by atoms with Gasteiger partial charge in [0.05, 0.1) is 5.02 Å². The highest BCUT2D eigenvalue weighted by Gasteiger charge is 2.57. The first-order valence-corrected chi connectivity index (χ1v) is 9.92. The van der Waals surface area contributed by atoms with Crippen LogP contribution in [0.15, 0.2) is 73.1 Å². The second-order valence-corrected chi connectivity index (χ2v) is 7.32. The van der Waals surface area contributed by atoms with Crippen molar-refractivity contribution in [1.29, 1.82) is 0 Å². The second-order valence-electron chi connectivity index (χ2n) is 6.91. The molecule has 31 heavy (non-hydrogen) atoms. The van der Waals surface area contributed by atoms with Crippen molar-refractivity contribution in [2.75, 3.05) is 0 Å². The summed E-state index contributed by atoms with van der Waals surface area (Å²) < 4.78 is 15.7. The van der Waals surface area contributed by atoms with Gasteiger partial charge in [-0.3, -0.25) is 4.98 Å². The molecule has 1 aromatic heterocycles. The van der Waals surface area contributed by atoms with Crippen LogP contribution in [0.1, 0.15) is 12.0 Å². The zero-order valence-corrected chi connectivity index (χ0v) is 17.0. The zero-order valence-electron chi connectivity index (χ0n) is 16.2. The van der Waals surface area contributed by atoms with Crippen LogP contribution < -0.4 is 4.74 Å². The summed E-state index contributed by atoms with van der Waals surface area (Å²) in [4.78, 5) is 27.5. The van der Waals surface area contributed by atoms with E-state index >= 15 is 0 Å². The largest absolute Gasteiger partial charge is 0.450 e. The van der Waals surface area contributed by atoms with Crippen LogP contribution in [0.3, 0.4) is 0 Å². The molecule has 2 aromatic carbocycles. The number of aromatic nitrogens is 1. The minimum absolute atomic E-state index is 0.0854. The third-order valence-corrected chi connectivity index (χ3v) is 5.07. The number of aryl methyl sites for hydroxylation is 1. The van der Waals surface area contributed by atoms with Crippen molar-refractivity contribution in [3.8, 4) is 16.9 Å². The molecule has 0 amide bonds. The Kier molecular flexibility index (Phi) is 5.88. The zero-order chi connectivity index (χ0) is 21.8. The molecule has 8 heteroatoms. The van der Waals surface area contributed by atoms with Crippen molar-refractivity contribution in [2.45, 2.75) is 24.9 Å². The maximum Gasteiger partial charge on any atom is 0.450 e. The fourth-order valence-electron chi connectivity index (χ4n) is 3.21. The van der Waals surface area contributed by atoms with Crippen LogP contribution in [0, 0.1) is 0 Å². The number of halogens is 1. The van der Waals surface area contributed by atoms with Crippen molar-refractivity contribution < 1.29 is 28.9 Å². The lowest BCUT2D eigenvalue weighted by molar-refractivity contribution is -0.318. The van der Waals surface area contributed by atoms with E-state index in [2.05, 4.69) is 4.98 Å². The number of benzene rings is 2. The number of aliphatic hydroxyl groups excluding tert-OH is 1. The molecule has 0 aliphatic carbocycles. The molecule has 3 aromatic rings. The Morgan fingerprint density at radius 2 is 1.77 bits per heavy atom. The molecule has 158 valence electrons. The molecule has 1 aliphatic rings. The Morgan fingerprint density at radius 3 is 2.42 bits per heavy atom. The lowest BCUT2D eigenvalue weighted by Crippen LogP contribution is -2.49. The van der Waals surface area contributed by atoms with E-state index in [0.717, 1.165) is 16.7 Å². The first-order valence-electron chi connectivity index (χ1n) is 9.54. The Morgan fingerprint density at radius 1 is 1.03 bits per heavy atom. The number of hydrogen-bond donors (Lipinski definition) is 1. The fraction of sp³-hybridized carbons (Fsp3) is 0.174. The summed E-state index contributed by atoms with van der Waals surface area (Å²) in [7, 11) is 0. The van der Waals surface area contributed by atoms with Crippen LogP contribution in [0.5, 0.6) is 5.75 Å². The first-order chi connectivity index (χ1) is 15.0. The Bertz CT molecular complexity index is 1070. The maximum absolute atomic E-state index is 11.7. The standard InChI is InChI=1S/C23H18ClNO6/c24-19-13-17(9-10-18(19)16-6-2-1-3-7-16)29-23(30-21(27)22(28)31-23)20(26)11-8-15-5-4-12-25-14-15/h1-7,9-10,12-14,20,26H,8,11H2/t20-/m0/s1. The quantitative estimate of drug-likeness (QED) is 0.444. The summed E-state index contributed by atoms with van der Waals surface area (Å²) in [6.45, 7) is 0. The molecule has 0 radical (unpaired) electrons. The number of aliphatic hydroxyl groups is 1. The summed E-state index contributed by atoms with van der Waals surface area (Å²) in [5.74, 6) is -4.62. The van der Waals surface area contributed by atoms with Crippen LogP contribution in [0.2, 0.25) is 5.02 Å². The molecule has 0 saturated carbocycles. The molecule has 1 fully saturated rings. The fourth-order valence-corrected chi connectivity index (χ4v) is 3.49. The van der Waals surface area contributed by atoms with Gasteiger partial charge in [-0.1, -0.05) is 48.0 Å². The monoisotopic (exact) mass is 439 g/mol. The van der Waals surface area contributed by atoms with Crippen LogP contribution in [0.4, 0.5) is 0 Å². The van der Waals surface area contributed by atoms with E-state index in [9.17, 15) is 14.7 Å². The summed E-state index contributed by atoms with van der Waals surface area (Å²) in [5.41, 5.74) is 2.52. The van der Waals surface area contributed by atoms with Gasteiger partial charge < -0.3 is 19.3 Å². The highest BCUT2D eigenvalue weighted by molar-refractivity contribution is 6.33. The number of hydrogen-bond acceptors (Lipinski definition) is 7. The first kappa shape index (κ1) is 20.8. The number of pyridine rings is 1. The molecule has 0 bridgehead atoms. The number of cyclic esters (lactones) is 2. The van der Waals surface area contributed by atoms with Crippen molar-refractivity contribution >= 4 is 23.5 Å². The summed E-state index contributed by atoms with van der Waals surface area (Å²) in [6, 6.07) is 17.9. The number of nitrogens with zero attached hydrogens (tertiary/aromatic N) is 1. The maximum atomic E-state index is 11.7. The Balaban J connectivity index is 1.56. The summed E-state index contributed by atoms with van der Waals surface area (Å²) in [5, 5.41) is 11.1.